The minimum Gasteiger partial charge on any atom is -0.337 e. The summed E-state index contributed by atoms with van der Waals surface area (Å²) in [6.07, 6.45) is 0. The monoisotopic (exact) mass is 349 g/mol. The molecule has 2 aromatic heterocycles. The first-order valence-corrected chi connectivity index (χ1v) is 8.31. The lowest BCUT2D eigenvalue weighted by molar-refractivity contribution is 0.808. The van der Waals surface area contributed by atoms with Crippen molar-refractivity contribution in [1.29, 1.82) is 0 Å². The molecule has 5 nitrogen and oxygen atoms in total. The number of nitrogens with zero attached hydrogens (tertiary/aromatic N) is 4. The fourth-order valence-corrected chi connectivity index (χ4v) is 2.96. The van der Waals surface area contributed by atoms with Crippen LogP contribution in [-0.2, 0) is 0 Å². The van der Waals surface area contributed by atoms with Crippen molar-refractivity contribution in [2.45, 2.75) is 13.8 Å². The molecule has 0 atom stereocenters. The van der Waals surface area contributed by atoms with Gasteiger partial charge in [0.15, 0.2) is 11.6 Å². The molecular formula is C19H16ClN5. The van der Waals surface area contributed by atoms with Gasteiger partial charge in [-0.15, -0.1) is 0 Å². The first kappa shape index (κ1) is 15.6. The molecular weight excluding hydrogens is 334 g/mol. The van der Waals surface area contributed by atoms with Crippen molar-refractivity contribution < 1.29 is 0 Å². The van der Waals surface area contributed by atoms with Crippen LogP contribution in [0.15, 0.2) is 54.6 Å². The number of aryl methyl sites for hydroxylation is 2. The van der Waals surface area contributed by atoms with Crippen molar-refractivity contribution >= 4 is 34.1 Å². The van der Waals surface area contributed by atoms with Gasteiger partial charge in [0.05, 0.1) is 16.7 Å². The Kier molecular flexibility index (Phi) is 3.86. The second-order valence-corrected chi connectivity index (χ2v) is 6.30. The summed E-state index contributed by atoms with van der Waals surface area (Å²) >= 11 is 6.10. The molecule has 4 rings (SSSR count). The first-order chi connectivity index (χ1) is 12.1. The molecule has 0 aliphatic heterocycles. The van der Waals surface area contributed by atoms with Crippen LogP contribution in [0.25, 0.3) is 16.9 Å². The Morgan fingerprint density at radius 1 is 0.920 bits per heavy atom. The minimum absolute atomic E-state index is 0.632. The molecule has 2 heterocycles. The van der Waals surface area contributed by atoms with Gasteiger partial charge in [-0.2, -0.15) is 5.10 Å². The van der Waals surface area contributed by atoms with E-state index in [1.165, 1.54) is 0 Å². The molecule has 0 fully saturated rings. The summed E-state index contributed by atoms with van der Waals surface area (Å²) in [6.45, 7) is 3.96. The van der Waals surface area contributed by atoms with E-state index in [0.717, 1.165) is 28.1 Å². The summed E-state index contributed by atoms with van der Waals surface area (Å²) in [4.78, 5) is 9.53. The number of benzene rings is 2. The molecule has 0 saturated carbocycles. The van der Waals surface area contributed by atoms with Crippen molar-refractivity contribution in [2.24, 2.45) is 0 Å². The predicted octanol–water partition coefficient (Wildman–Crippen LogP) is 4.83. The maximum atomic E-state index is 6.10. The van der Waals surface area contributed by atoms with Crippen molar-refractivity contribution in [3.8, 4) is 5.82 Å². The largest absolute Gasteiger partial charge is 0.337 e. The SMILES string of the molecule is Cc1cc(C)n(-c2nc3ccccc3nc2Nc2cccc(Cl)c2)n1. The van der Waals surface area contributed by atoms with E-state index in [2.05, 4.69) is 10.4 Å². The zero-order chi connectivity index (χ0) is 17.4. The van der Waals surface area contributed by atoms with E-state index in [-0.39, 0.29) is 0 Å². The second kappa shape index (κ2) is 6.18. The van der Waals surface area contributed by atoms with Crippen LogP contribution < -0.4 is 5.32 Å². The lowest BCUT2D eigenvalue weighted by Gasteiger charge is -2.13. The molecule has 0 unspecified atom stereocenters. The summed E-state index contributed by atoms with van der Waals surface area (Å²) in [6, 6.07) is 17.3. The Bertz CT molecular complexity index is 1070. The predicted molar refractivity (Wildman–Crippen MR) is 101 cm³/mol. The second-order valence-electron chi connectivity index (χ2n) is 5.86. The van der Waals surface area contributed by atoms with E-state index < -0.39 is 0 Å². The van der Waals surface area contributed by atoms with E-state index >= 15 is 0 Å². The van der Waals surface area contributed by atoms with Gasteiger partial charge in [0.1, 0.15) is 0 Å². The molecule has 0 bridgehead atoms. The Morgan fingerprint density at radius 3 is 2.36 bits per heavy atom. The molecule has 0 amide bonds. The molecule has 0 saturated heterocycles. The topological polar surface area (TPSA) is 55.6 Å². The van der Waals surface area contributed by atoms with Crippen molar-refractivity contribution in [1.82, 2.24) is 19.7 Å². The maximum Gasteiger partial charge on any atom is 0.197 e. The highest BCUT2D eigenvalue weighted by Crippen LogP contribution is 2.26. The normalized spacial score (nSPS) is 11.0. The Balaban J connectivity index is 1.91. The smallest absolute Gasteiger partial charge is 0.197 e. The lowest BCUT2D eigenvalue weighted by Crippen LogP contribution is -2.08. The Labute approximate surface area is 150 Å². The highest BCUT2D eigenvalue weighted by molar-refractivity contribution is 6.30. The van der Waals surface area contributed by atoms with Gasteiger partial charge >= 0.3 is 0 Å². The van der Waals surface area contributed by atoms with Gasteiger partial charge in [-0.3, -0.25) is 0 Å². The van der Waals surface area contributed by atoms with Gasteiger partial charge in [-0.05, 0) is 50.2 Å². The highest BCUT2D eigenvalue weighted by atomic mass is 35.5. The molecule has 0 aliphatic carbocycles. The fraction of sp³-hybridized carbons (Fsp3) is 0.105. The molecule has 6 heteroatoms. The number of anilines is 2. The molecule has 1 N–H and O–H groups in total. The first-order valence-electron chi connectivity index (χ1n) is 7.93. The van der Waals surface area contributed by atoms with Gasteiger partial charge in [-0.25, -0.2) is 14.6 Å². The number of aromatic nitrogens is 4. The summed E-state index contributed by atoms with van der Waals surface area (Å²) in [5, 5.41) is 8.54. The molecule has 25 heavy (non-hydrogen) atoms. The van der Waals surface area contributed by atoms with Crippen LogP contribution in [0.4, 0.5) is 11.5 Å². The average Bonchev–Trinajstić information content (AvgIpc) is 2.92. The Hall–Kier alpha value is -2.92. The standard InChI is InChI=1S/C19H16ClN5/c1-12-10-13(2)25(24-12)19-18(21-15-7-5-6-14(20)11-15)22-16-8-3-4-9-17(16)23-19/h3-11H,1-2H3,(H,21,22). The number of halogens is 1. The fourth-order valence-electron chi connectivity index (χ4n) is 2.77. The number of rotatable bonds is 3. The van der Waals surface area contributed by atoms with Crippen molar-refractivity contribution in [2.75, 3.05) is 5.32 Å². The van der Waals surface area contributed by atoms with E-state index in [9.17, 15) is 0 Å². The van der Waals surface area contributed by atoms with Crippen LogP contribution in [-0.4, -0.2) is 19.7 Å². The van der Waals surface area contributed by atoms with Gasteiger partial charge < -0.3 is 5.32 Å². The summed E-state index contributed by atoms with van der Waals surface area (Å²) in [5.74, 6) is 1.29. The number of hydrogen-bond donors (Lipinski definition) is 1. The van der Waals surface area contributed by atoms with Crippen LogP contribution in [0.2, 0.25) is 5.02 Å². The third-order valence-electron chi connectivity index (χ3n) is 3.85. The van der Waals surface area contributed by atoms with Crippen LogP contribution in [0.3, 0.4) is 0 Å². The zero-order valence-corrected chi connectivity index (χ0v) is 14.6. The van der Waals surface area contributed by atoms with Crippen LogP contribution in [0.5, 0.6) is 0 Å². The molecule has 2 aromatic carbocycles. The van der Waals surface area contributed by atoms with Gasteiger partial charge in [0.2, 0.25) is 0 Å². The quantitative estimate of drug-likeness (QED) is 0.575. The molecule has 124 valence electrons. The van der Waals surface area contributed by atoms with Gasteiger partial charge in [-0.1, -0.05) is 29.8 Å². The summed E-state index contributed by atoms with van der Waals surface area (Å²) in [5.41, 5.74) is 4.41. The molecule has 0 spiro atoms. The lowest BCUT2D eigenvalue weighted by atomic mass is 10.3. The number of fused-ring (bicyclic) bond motifs is 1. The van der Waals surface area contributed by atoms with E-state index in [1.54, 1.807) is 0 Å². The zero-order valence-electron chi connectivity index (χ0n) is 13.9. The number of nitrogens with one attached hydrogen (secondary N) is 1. The van der Waals surface area contributed by atoms with Crippen LogP contribution >= 0.6 is 11.6 Å². The summed E-state index contributed by atoms with van der Waals surface area (Å²) < 4.78 is 1.81. The molecule has 0 radical (unpaired) electrons. The third-order valence-corrected chi connectivity index (χ3v) is 4.08. The van der Waals surface area contributed by atoms with Crippen LogP contribution in [0.1, 0.15) is 11.4 Å². The number of hydrogen-bond acceptors (Lipinski definition) is 4. The highest BCUT2D eigenvalue weighted by Gasteiger charge is 2.14. The molecule has 0 aliphatic rings. The average molecular weight is 350 g/mol. The minimum atomic E-state index is 0.632. The maximum absolute atomic E-state index is 6.10. The molecule has 4 aromatic rings. The van der Waals surface area contributed by atoms with Crippen molar-refractivity contribution in [3.05, 3.63) is 71.0 Å². The van der Waals surface area contributed by atoms with E-state index in [1.807, 2.05) is 73.1 Å². The van der Waals surface area contributed by atoms with E-state index in [0.29, 0.717) is 16.7 Å². The summed E-state index contributed by atoms with van der Waals surface area (Å²) in [7, 11) is 0. The number of para-hydroxylation sites is 2. The third kappa shape index (κ3) is 3.06. The Morgan fingerprint density at radius 2 is 1.68 bits per heavy atom. The van der Waals surface area contributed by atoms with Gasteiger partial charge in [0, 0.05) is 16.4 Å². The van der Waals surface area contributed by atoms with Crippen LogP contribution in [0, 0.1) is 13.8 Å². The van der Waals surface area contributed by atoms with E-state index in [4.69, 9.17) is 21.6 Å². The van der Waals surface area contributed by atoms with Gasteiger partial charge in [0.25, 0.3) is 0 Å². The van der Waals surface area contributed by atoms with Crippen molar-refractivity contribution in [3.63, 3.8) is 0 Å².